The Balaban J connectivity index is 1.78. The van der Waals surface area contributed by atoms with Crippen LogP contribution in [0.5, 0.6) is 0 Å². The Morgan fingerprint density at radius 2 is 2.00 bits per heavy atom. The van der Waals surface area contributed by atoms with Gasteiger partial charge in [-0.2, -0.15) is 5.10 Å². The molecule has 3 rings (SSSR count). The van der Waals surface area contributed by atoms with Crippen molar-refractivity contribution in [3.63, 3.8) is 0 Å². The average Bonchev–Trinajstić information content (AvgIpc) is 3.22. The minimum atomic E-state index is 0.586. The van der Waals surface area contributed by atoms with Gasteiger partial charge in [0, 0.05) is 23.8 Å². The number of benzene rings is 1. The molecular formula is C16H19Cl2N3. The summed E-state index contributed by atoms with van der Waals surface area (Å²) in [6.07, 6.45) is 2.60. The first kappa shape index (κ1) is 14.9. The highest BCUT2D eigenvalue weighted by atomic mass is 35.5. The number of hydrogen-bond acceptors (Lipinski definition) is 2. The molecule has 0 saturated heterocycles. The second-order valence-corrected chi connectivity index (χ2v) is 6.53. The number of rotatable bonds is 5. The molecule has 1 aromatic carbocycles. The minimum absolute atomic E-state index is 0.586. The quantitative estimate of drug-likeness (QED) is 0.897. The van der Waals surface area contributed by atoms with Crippen molar-refractivity contribution in [3.05, 3.63) is 50.8 Å². The Morgan fingerprint density at radius 3 is 2.67 bits per heavy atom. The zero-order valence-electron chi connectivity index (χ0n) is 12.3. The van der Waals surface area contributed by atoms with Gasteiger partial charge in [0.25, 0.3) is 0 Å². The number of aromatic nitrogens is 2. The smallest absolute Gasteiger partial charge is 0.0663 e. The van der Waals surface area contributed by atoms with E-state index in [9.17, 15) is 0 Å². The summed E-state index contributed by atoms with van der Waals surface area (Å²) in [6.45, 7) is 5.82. The van der Waals surface area contributed by atoms with E-state index in [1.807, 2.05) is 22.9 Å². The standard InChI is InChI=1S/C16H19Cl2N3/c1-10-14(8-19-13-4-5-13)11(2)21(20-10)9-12-3-6-15(17)16(18)7-12/h3,6-7,13,19H,4-5,8-9H2,1-2H3. The fourth-order valence-electron chi connectivity index (χ4n) is 2.49. The summed E-state index contributed by atoms with van der Waals surface area (Å²) in [6, 6.07) is 6.44. The molecule has 21 heavy (non-hydrogen) atoms. The van der Waals surface area contributed by atoms with E-state index in [1.165, 1.54) is 24.1 Å². The summed E-state index contributed by atoms with van der Waals surface area (Å²) in [4.78, 5) is 0. The predicted molar refractivity (Wildman–Crippen MR) is 87.1 cm³/mol. The van der Waals surface area contributed by atoms with Gasteiger partial charge in [0.15, 0.2) is 0 Å². The molecule has 2 aromatic rings. The number of halogens is 2. The summed E-state index contributed by atoms with van der Waals surface area (Å²) in [5.74, 6) is 0. The van der Waals surface area contributed by atoms with E-state index >= 15 is 0 Å². The lowest BCUT2D eigenvalue weighted by molar-refractivity contribution is 0.652. The second kappa shape index (κ2) is 5.99. The molecule has 1 aliphatic rings. The number of nitrogens with one attached hydrogen (secondary N) is 1. The van der Waals surface area contributed by atoms with E-state index in [2.05, 4.69) is 24.3 Å². The van der Waals surface area contributed by atoms with Crippen LogP contribution in [0.2, 0.25) is 10.0 Å². The van der Waals surface area contributed by atoms with Crippen LogP contribution < -0.4 is 5.32 Å². The Kier molecular flexibility index (Phi) is 4.25. The normalized spacial score (nSPS) is 14.7. The predicted octanol–water partition coefficient (Wildman–Crippen LogP) is 4.11. The highest BCUT2D eigenvalue weighted by Crippen LogP contribution is 2.24. The van der Waals surface area contributed by atoms with E-state index < -0.39 is 0 Å². The largest absolute Gasteiger partial charge is 0.310 e. The molecule has 0 atom stereocenters. The van der Waals surface area contributed by atoms with Crippen LogP contribution in [0.25, 0.3) is 0 Å². The monoisotopic (exact) mass is 323 g/mol. The van der Waals surface area contributed by atoms with E-state index in [4.69, 9.17) is 23.2 Å². The molecular weight excluding hydrogens is 305 g/mol. The topological polar surface area (TPSA) is 29.9 Å². The first-order chi connectivity index (χ1) is 10.0. The molecule has 1 aliphatic carbocycles. The van der Waals surface area contributed by atoms with Gasteiger partial charge in [-0.1, -0.05) is 29.3 Å². The van der Waals surface area contributed by atoms with Gasteiger partial charge in [-0.15, -0.1) is 0 Å². The lowest BCUT2D eigenvalue weighted by Gasteiger charge is -2.07. The molecule has 1 saturated carbocycles. The van der Waals surface area contributed by atoms with Crippen LogP contribution in [0, 0.1) is 13.8 Å². The highest BCUT2D eigenvalue weighted by Gasteiger charge is 2.21. The summed E-state index contributed by atoms with van der Waals surface area (Å²) >= 11 is 12.0. The zero-order chi connectivity index (χ0) is 15.0. The van der Waals surface area contributed by atoms with Gasteiger partial charge < -0.3 is 5.32 Å². The Hall–Kier alpha value is -1.03. The third-order valence-electron chi connectivity index (χ3n) is 3.99. The molecule has 3 nitrogen and oxygen atoms in total. The summed E-state index contributed by atoms with van der Waals surface area (Å²) in [7, 11) is 0. The molecule has 0 amide bonds. The highest BCUT2D eigenvalue weighted by molar-refractivity contribution is 6.42. The third-order valence-corrected chi connectivity index (χ3v) is 4.73. The molecule has 1 N–H and O–H groups in total. The molecule has 1 heterocycles. The number of nitrogens with zero attached hydrogens (tertiary/aromatic N) is 2. The molecule has 0 radical (unpaired) electrons. The molecule has 0 spiro atoms. The molecule has 112 valence electrons. The maximum absolute atomic E-state index is 6.08. The van der Waals surface area contributed by atoms with Gasteiger partial charge in [0.2, 0.25) is 0 Å². The molecule has 1 fully saturated rings. The average molecular weight is 324 g/mol. The lowest BCUT2D eigenvalue weighted by atomic mass is 10.2. The number of aryl methyl sites for hydroxylation is 1. The van der Waals surface area contributed by atoms with Crippen molar-refractivity contribution in [1.29, 1.82) is 0 Å². The lowest BCUT2D eigenvalue weighted by Crippen LogP contribution is -2.16. The maximum Gasteiger partial charge on any atom is 0.0663 e. The van der Waals surface area contributed by atoms with E-state index in [0.29, 0.717) is 22.6 Å². The van der Waals surface area contributed by atoms with Crippen molar-refractivity contribution >= 4 is 23.2 Å². The van der Waals surface area contributed by atoms with Crippen LogP contribution >= 0.6 is 23.2 Å². The van der Waals surface area contributed by atoms with Gasteiger partial charge >= 0.3 is 0 Å². The molecule has 0 unspecified atom stereocenters. The molecule has 1 aromatic heterocycles. The van der Waals surface area contributed by atoms with Crippen LogP contribution in [-0.4, -0.2) is 15.8 Å². The maximum atomic E-state index is 6.08. The summed E-state index contributed by atoms with van der Waals surface area (Å²) in [5, 5.41) is 9.39. The van der Waals surface area contributed by atoms with Crippen molar-refractivity contribution in [2.75, 3.05) is 0 Å². The van der Waals surface area contributed by atoms with Crippen molar-refractivity contribution < 1.29 is 0 Å². The first-order valence-corrected chi connectivity index (χ1v) is 8.00. The van der Waals surface area contributed by atoms with Crippen LogP contribution in [0.1, 0.15) is 35.4 Å². The Morgan fingerprint density at radius 1 is 1.24 bits per heavy atom. The molecule has 0 bridgehead atoms. The van der Waals surface area contributed by atoms with Gasteiger partial charge in [0.1, 0.15) is 0 Å². The van der Waals surface area contributed by atoms with Crippen LogP contribution in [0.4, 0.5) is 0 Å². The summed E-state index contributed by atoms with van der Waals surface area (Å²) in [5.41, 5.74) is 4.73. The van der Waals surface area contributed by atoms with Crippen molar-refractivity contribution in [1.82, 2.24) is 15.1 Å². The first-order valence-electron chi connectivity index (χ1n) is 7.25. The van der Waals surface area contributed by atoms with Gasteiger partial charge in [-0.3, -0.25) is 4.68 Å². The van der Waals surface area contributed by atoms with Crippen LogP contribution in [0.15, 0.2) is 18.2 Å². The third kappa shape index (κ3) is 3.42. The van der Waals surface area contributed by atoms with E-state index in [1.54, 1.807) is 0 Å². The Bertz CT molecular complexity index is 660. The fourth-order valence-corrected chi connectivity index (χ4v) is 2.81. The second-order valence-electron chi connectivity index (χ2n) is 5.71. The van der Waals surface area contributed by atoms with Crippen LogP contribution in [0.3, 0.4) is 0 Å². The van der Waals surface area contributed by atoms with Crippen molar-refractivity contribution in [2.24, 2.45) is 0 Å². The summed E-state index contributed by atoms with van der Waals surface area (Å²) < 4.78 is 2.04. The van der Waals surface area contributed by atoms with Gasteiger partial charge in [0.05, 0.1) is 22.3 Å². The fraction of sp³-hybridized carbons (Fsp3) is 0.438. The van der Waals surface area contributed by atoms with Gasteiger partial charge in [-0.05, 0) is 44.4 Å². The van der Waals surface area contributed by atoms with Crippen molar-refractivity contribution in [2.45, 2.75) is 45.8 Å². The minimum Gasteiger partial charge on any atom is -0.310 e. The van der Waals surface area contributed by atoms with Crippen molar-refractivity contribution in [3.8, 4) is 0 Å². The van der Waals surface area contributed by atoms with E-state index in [0.717, 1.165) is 17.8 Å². The van der Waals surface area contributed by atoms with E-state index in [-0.39, 0.29) is 0 Å². The number of hydrogen-bond donors (Lipinski definition) is 1. The SMILES string of the molecule is Cc1nn(Cc2ccc(Cl)c(Cl)c2)c(C)c1CNC1CC1. The van der Waals surface area contributed by atoms with Crippen LogP contribution in [-0.2, 0) is 13.1 Å². The Labute approximate surface area is 135 Å². The van der Waals surface area contributed by atoms with Gasteiger partial charge in [-0.25, -0.2) is 0 Å². The molecule has 0 aliphatic heterocycles. The molecule has 5 heteroatoms. The zero-order valence-corrected chi connectivity index (χ0v) is 13.8.